The zero-order valence-electron chi connectivity index (χ0n) is 15.4. The van der Waals surface area contributed by atoms with E-state index < -0.39 is 11.8 Å². The summed E-state index contributed by atoms with van der Waals surface area (Å²) in [7, 11) is 1.96. The maximum Gasteiger partial charge on any atom is 0.312 e. The van der Waals surface area contributed by atoms with Crippen molar-refractivity contribution in [3.63, 3.8) is 0 Å². The molecule has 0 saturated carbocycles. The minimum absolute atomic E-state index is 0.247. The molecule has 142 valence electrons. The van der Waals surface area contributed by atoms with Crippen LogP contribution in [-0.2, 0) is 27.4 Å². The maximum atomic E-state index is 12.2. The molecule has 0 aliphatic carbocycles. The summed E-state index contributed by atoms with van der Waals surface area (Å²) in [6, 6.07) is 13.8. The van der Waals surface area contributed by atoms with Crippen molar-refractivity contribution in [2.45, 2.75) is 13.1 Å². The van der Waals surface area contributed by atoms with Gasteiger partial charge < -0.3 is 19.9 Å². The molecule has 2 amide bonds. The molecule has 2 aromatic rings. The lowest BCUT2D eigenvalue weighted by Crippen LogP contribution is -2.47. The van der Waals surface area contributed by atoms with Crippen LogP contribution >= 0.6 is 0 Å². The number of carbonyl (C=O) groups is 2. The first kappa shape index (κ1) is 18.8. The summed E-state index contributed by atoms with van der Waals surface area (Å²) < 4.78 is 5.21. The van der Waals surface area contributed by atoms with Crippen LogP contribution in [0.2, 0.25) is 0 Å². The fourth-order valence-corrected chi connectivity index (χ4v) is 3.01. The summed E-state index contributed by atoms with van der Waals surface area (Å²) >= 11 is 0. The van der Waals surface area contributed by atoms with Gasteiger partial charge in [0.2, 0.25) is 0 Å². The Morgan fingerprint density at radius 3 is 2.63 bits per heavy atom. The third kappa shape index (κ3) is 5.04. The number of nitrogens with zero attached hydrogens (tertiary/aromatic N) is 3. The van der Waals surface area contributed by atoms with E-state index in [4.69, 9.17) is 4.74 Å². The standard InChI is InChI=1S/C20H24N4O3/c1-23(15-16-6-3-2-4-7-16)18-17(8-5-9-21-18)14-22-19(25)20(26)24-10-12-27-13-11-24/h2-9H,10-15H2,1H3,(H,22,25). The van der Waals surface area contributed by atoms with Gasteiger partial charge in [0.05, 0.1) is 13.2 Å². The van der Waals surface area contributed by atoms with Gasteiger partial charge in [-0.05, 0) is 11.6 Å². The van der Waals surface area contributed by atoms with Crippen molar-refractivity contribution in [3.05, 3.63) is 59.8 Å². The second kappa shape index (κ2) is 9.14. The number of nitrogens with one attached hydrogen (secondary N) is 1. The zero-order chi connectivity index (χ0) is 19.1. The SMILES string of the molecule is CN(Cc1ccccc1)c1ncccc1CNC(=O)C(=O)N1CCOCC1. The molecule has 0 spiro atoms. The molecular formula is C20H24N4O3. The van der Waals surface area contributed by atoms with Gasteiger partial charge in [0.1, 0.15) is 5.82 Å². The summed E-state index contributed by atoms with van der Waals surface area (Å²) in [5, 5.41) is 2.72. The van der Waals surface area contributed by atoms with E-state index in [9.17, 15) is 9.59 Å². The van der Waals surface area contributed by atoms with Gasteiger partial charge in [0, 0.05) is 45.0 Å². The van der Waals surface area contributed by atoms with Gasteiger partial charge in [0.25, 0.3) is 0 Å². The highest BCUT2D eigenvalue weighted by molar-refractivity contribution is 6.35. The maximum absolute atomic E-state index is 12.2. The first-order valence-electron chi connectivity index (χ1n) is 8.99. The number of carbonyl (C=O) groups excluding carboxylic acids is 2. The molecule has 7 nitrogen and oxygen atoms in total. The van der Waals surface area contributed by atoms with E-state index in [0.717, 1.165) is 11.4 Å². The lowest BCUT2D eigenvalue weighted by Gasteiger charge is -2.26. The molecule has 3 rings (SSSR count). The molecule has 1 fully saturated rings. The fraction of sp³-hybridized carbons (Fsp3) is 0.350. The summed E-state index contributed by atoms with van der Waals surface area (Å²) in [5.74, 6) is -0.334. The summed E-state index contributed by atoms with van der Waals surface area (Å²) in [6.07, 6.45) is 1.72. The number of anilines is 1. The van der Waals surface area contributed by atoms with Crippen molar-refractivity contribution in [2.75, 3.05) is 38.3 Å². The van der Waals surface area contributed by atoms with Crippen LogP contribution in [0.5, 0.6) is 0 Å². The van der Waals surface area contributed by atoms with E-state index in [1.54, 1.807) is 6.20 Å². The Kier molecular flexibility index (Phi) is 6.38. The fourth-order valence-electron chi connectivity index (χ4n) is 3.01. The highest BCUT2D eigenvalue weighted by Gasteiger charge is 2.23. The normalized spacial score (nSPS) is 13.9. The Labute approximate surface area is 158 Å². The number of morpholine rings is 1. The molecular weight excluding hydrogens is 344 g/mol. The lowest BCUT2D eigenvalue weighted by molar-refractivity contribution is -0.148. The van der Waals surface area contributed by atoms with E-state index >= 15 is 0 Å². The number of aromatic nitrogens is 1. The average Bonchev–Trinajstić information content (AvgIpc) is 2.73. The first-order valence-corrected chi connectivity index (χ1v) is 8.99. The molecule has 1 aliphatic heterocycles. The van der Waals surface area contributed by atoms with Crippen molar-refractivity contribution in [1.29, 1.82) is 0 Å². The summed E-state index contributed by atoms with van der Waals surface area (Å²) in [5.41, 5.74) is 2.03. The number of hydrogen-bond donors (Lipinski definition) is 1. The highest BCUT2D eigenvalue weighted by Crippen LogP contribution is 2.18. The molecule has 1 aliphatic rings. The highest BCUT2D eigenvalue weighted by atomic mass is 16.5. The van der Waals surface area contributed by atoms with Crippen LogP contribution in [0, 0.1) is 0 Å². The van der Waals surface area contributed by atoms with Crippen molar-refractivity contribution < 1.29 is 14.3 Å². The molecule has 0 radical (unpaired) electrons. The molecule has 1 aromatic heterocycles. The number of amides is 2. The van der Waals surface area contributed by atoms with Gasteiger partial charge in [-0.15, -0.1) is 0 Å². The van der Waals surface area contributed by atoms with Crippen LogP contribution < -0.4 is 10.2 Å². The van der Waals surface area contributed by atoms with Gasteiger partial charge in [0.15, 0.2) is 0 Å². The Hall–Kier alpha value is -2.93. The van der Waals surface area contributed by atoms with Gasteiger partial charge in [-0.3, -0.25) is 9.59 Å². The Morgan fingerprint density at radius 2 is 1.89 bits per heavy atom. The van der Waals surface area contributed by atoms with Crippen LogP contribution in [0.1, 0.15) is 11.1 Å². The Balaban J connectivity index is 1.61. The van der Waals surface area contributed by atoms with Crippen LogP contribution in [-0.4, -0.2) is 55.0 Å². The predicted molar refractivity (Wildman–Crippen MR) is 102 cm³/mol. The van der Waals surface area contributed by atoms with Crippen LogP contribution in [0.3, 0.4) is 0 Å². The average molecular weight is 368 g/mol. The smallest absolute Gasteiger partial charge is 0.312 e. The van der Waals surface area contributed by atoms with Crippen molar-refractivity contribution in [3.8, 4) is 0 Å². The van der Waals surface area contributed by atoms with Gasteiger partial charge in [-0.1, -0.05) is 36.4 Å². The number of rotatable bonds is 5. The monoisotopic (exact) mass is 368 g/mol. The van der Waals surface area contributed by atoms with Crippen molar-refractivity contribution >= 4 is 17.6 Å². The molecule has 2 heterocycles. The molecule has 0 atom stereocenters. The van der Waals surface area contributed by atoms with Crippen LogP contribution in [0.4, 0.5) is 5.82 Å². The van der Waals surface area contributed by atoms with E-state index in [0.29, 0.717) is 32.8 Å². The summed E-state index contributed by atoms with van der Waals surface area (Å²) in [6.45, 7) is 2.78. The Morgan fingerprint density at radius 1 is 1.15 bits per heavy atom. The van der Waals surface area contributed by atoms with Gasteiger partial charge in [-0.2, -0.15) is 0 Å². The number of ether oxygens (including phenoxy) is 1. The van der Waals surface area contributed by atoms with Crippen LogP contribution in [0.25, 0.3) is 0 Å². The predicted octanol–water partition coefficient (Wildman–Crippen LogP) is 1.19. The molecule has 1 saturated heterocycles. The summed E-state index contributed by atoms with van der Waals surface area (Å²) in [4.78, 5) is 32.4. The third-order valence-electron chi connectivity index (χ3n) is 4.42. The molecule has 27 heavy (non-hydrogen) atoms. The topological polar surface area (TPSA) is 74.8 Å². The van der Waals surface area contributed by atoms with Gasteiger partial charge in [-0.25, -0.2) is 4.98 Å². The van der Waals surface area contributed by atoms with E-state index in [1.165, 1.54) is 10.5 Å². The quantitative estimate of drug-likeness (QED) is 0.803. The van der Waals surface area contributed by atoms with Crippen molar-refractivity contribution in [1.82, 2.24) is 15.2 Å². The van der Waals surface area contributed by atoms with Gasteiger partial charge >= 0.3 is 11.8 Å². The Bertz CT molecular complexity index is 776. The lowest BCUT2D eigenvalue weighted by atomic mass is 10.2. The number of hydrogen-bond acceptors (Lipinski definition) is 5. The molecule has 1 aromatic carbocycles. The largest absolute Gasteiger partial charge is 0.378 e. The third-order valence-corrected chi connectivity index (χ3v) is 4.42. The zero-order valence-corrected chi connectivity index (χ0v) is 15.4. The van der Waals surface area contributed by atoms with E-state index in [2.05, 4.69) is 22.4 Å². The van der Waals surface area contributed by atoms with E-state index in [-0.39, 0.29) is 6.54 Å². The number of pyridine rings is 1. The molecule has 0 bridgehead atoms. The minimum Gasteiger partial charge on any atom is -0.378 e. The second-order valence-electron chi connectivity index (χ2n) is 6.42. The van der Waals surface area contributed by atoms with Crippen LogP contribution in [0.15, 0.2) is 48.7 Å². The number of benzene rings is 1. The molecule has 1 N–H and O–H groups in total. The molecule has 7 heteroatoms. The van der Waals surface area contributed by atoms with E-state index in [1.807, 2.05) is 42.3 Å². The van der Waals surface area contributed by atoms with Crippen molar-refractivity contribution in [2.24, 2.45) is 0 Å². The first-order chi connectivity index (χ1) is 13.1. The minimum atomic E-state index is -0.600. The molecule has 0 unspecified atom stereocenters. The second-order valence-corrected chi connectivity index (χ2v) is 6.42.